The maximum Gasteiger partial charge on any atom is 0.232 e. The molecule has 0 aliphatic heterocycles. The molecule has 1 aliphatic rings. The highest BCUT2D eigenvalue weighted by molar-refractivity contribution is 8.00. The van der Waals surface area contributed by atoms with Crippen molar-refractivity contribution in [2.24, 2.45) is 5.73 Å². The number of amides is 1. The van der Waals surface area contributed by atoms with Gasteiger partial charge in [0.05, 0.1) is 5.75 Å². The summed E-state index contributed by atoms with van der Waals surface area (Å²) < 4.78 is 0. The van der Waals surface area contributed by atoms with E-state index in [2.05, 4.69) is 11.8 Å². The van der Waals surface area contributed by atoms with Crippen molar-refractivity contribution in [2.75, 3.05) is 18.1 Å². The smallest absolute Gasteiger partial charge is 0.232 e. The quantitative estimate of drug-likeness (QED) is 0.808. The van der Waals surface area contributed by atoms with E-state index in [-0.39, 0.29) is 5.54 Å². The van der Waals surface area contributed by atoms with Crippen LogP contribution < -0.4 is 5.73 Å². The minimum absolute atomic E-state index is 0.188. The number of hydrogen-bond acceptors (Lipinski definition) is 3. The van der Waals surface area contributed by atoms with Gasteiger partial charge in [0.25, 0.3) is 0 Å². The van der Waals surface area contributed by atoms with Crippen molar-refractivity contribution in [1.82, 2.24) is 4.90 Å². The second-order valence-corrected chi connectivity index (χ2v) is 6.94. The summed E-state index contributed by atoms with van der Waals surface area (Å²) in [5.41, 5.74) is 5.74. The minimum atomic E-state index is -0.188. The van der Waals surface area contributed by atoms with Gasteiger partial charge in [0, 0.05) is 23.9 Å². The van der Waals surface area contributed by atoms with Crippen molar-refractivity contribution in [3.8, 4) is 0 Å². The first-order valence-corrected chi connectivity index (χ1v) is 8.25. The molecule has 4 heteroatoms. The molecule has 1 fully saturated rings. The van der Waals surface area contributed by atoms with E-state index in [4.69, 9.17) is 5.73 Å². The standard InChI is InChI=1S/C14H28N2OS/c1-4-16(12-8-6-5-7-9-12)13(17)10-18-11-14(2,3)15/h12H,4-11,15H2,1-3H3. The first-order valence-electron chi connectivity index (χ1n) is 7.10. The van der Waals surface area contributed by atoms with Crippen LogP contribution in [0.25, 0.3) is 0 Å². The van der Waals surface area contributed by atoms with Crippen molar-refractivity contribution in [3.63, 3.8) is 0 Å². The molecule has 0 radical (unpaired) electrons. The molecule has 1 saturated carbocycles. The Kier molecular flexibility index (Phi) is 6.50. The average molecular weight is 272 g/mol. The first kappa shape index (κ1) is 15.8. The summed E-state index contributed by atoms with van der Waals surface area (Å²) in [4.78, 5) is 14.3. The monoisotopic (exact) mass is 272 g/mol. The summed E-state index contributed by atoms with van der Waals surface area (Å²) in [7, 11) is 0. The van der Waals surface area contributed by atoms with Crippen molar-refractivity contribution in [3.05, 3.63) is 0 Å². The summed E-state index contributed by atoms with van der Waals surface area (Å²) in [5.74, 6) is 1.70. The van der Waals surface area contributed by atoms with E-state index in [9.17, 15) is 4.79 Å². The van der Waals surface area contributed by atoms with Crippen molar-refractivity contribution in [2.45, 2.75) is 64.5 Å². The van der Waals surface area contributed by atoms with E-state index in [1.54, 1.807) is 11.8 Å². The molecule has 18 heavy (non-hydrogen) atoms. The topological polar surface area (TPSA) is 46.3 Å². The number of carbonyl (C=O) groups is 1. The van der Waals surface area contributed by atoms with Crippen LogP contribution in [0.5, 0.6) is 0 Å². The fourth-order valence-corrected chi connectivity index (χ4v) is 3.48. The van der Waals surface area contributed by atoms with E-state index in [1.165, 1.54) is 32.1 Å². The normalized spacial score (nSPS) is 17.8. The summed E-state index contributed by atoms with van der Waals surface area (Å²) >= 11 is 1.66. The molecule has 0 aromatic heterocycles. The third-order valence-electron chi connectivity index (χ3n) is 3.38. The third kappa shape index (κ3) is 5.61. The van der Waals surface area contributed by atoms with Gasteiger partial charge in [0.1, 0.15) is 0 Å². The molecule has 1 rings (SSSR count). The van der Waals surface area contributed by atoms with Gasteiger partial charge < -0.3 is 10.6 Å². The van der Waals surface area contributed by atoms with Gasteiger partial charge in [-0.05, 0) is 33.6 Å². The Morgan fingerprint density at radius 1 is 1.33 bits per heavy atom. The number of nitrogens with zero attached hydrogens (tertiary/aromatic N) is 1. The fraction of sp³-hybridized carbons (Fsp3) is 0.929. The molecule has 0 saturated heterocycles. The van der Waals surface area contributed by atoms with Crippen LogP contribution in [0.1, 0.15) is 52.9 Å². The van der Waals surface area contributed by atoms with Gasteiger partial charge in [0.2, 0.25) is 5.91 Å². The van der Waals surface area contributed by atoms with Crippen molar-refractivity contribution >= 4 is 17.7 Å². The zero-order chi connectivity index (χ0) is 13.6. The number of thioether (sulfide) groups is 1. The Hall–Kier alpha value is -0.220. The van der Waals surface area contributed by atoms with Gasteiger partial charge in [-0.3, -0.25) is 4.79 Å². The highest BCUT2D eigenvalue weighted by Gasteiger charge is 2.24. The SMILES string of the molecule is CCN(C(=O)CSCC(C)(C)N)C1CCCCC1. The maximum absolute atomic E-state index is 12.2. The Balaban J connectivity index is 2.37. The highest BCUT2D eigenvalue weighted by atomic mass is 32.2. The van der Waals surface area contributed by atoms with Crippen LogP contribution in [-0.4, -0.2) is 40.4 Å². The van der Waals surface area contributed by atoms with Gasteiger partial charge in [-0.15, -0.1) is 0 Å². The molecule has 1 amide bonds. The van der Waals surface area contributed by atoms with Crippen LogP contribution >= 0.6 is 11.8 Å². The van der Waals surface area contributed by atoms with Crippen LogP contribution in [0.15, 0.2) is 0 Å². The molecule has 1 aliphatic carbocycles. The molecular weight excluding hydrogens is 244 g/mol. The average Bonchev–Trinajstić information content (AvgIpc) is 2.29. The fourth-order valence-electron chi connectivity index (χ4n) is 2.52. The summed E-state index contributed by atoms with van der Waals surface area (Å²) in [6.07, 6.45) is 6.26. The Bertz CT molecular complexity index is 257. The molecular formula is C14H28N2OS. The van der Waals surface area contributed by atoms with Crippen LogP contribution in [0.2, 0.25) is 0 Å². The minimum Gasteiger partial charge on any atom is -0.339 e. The lowest BCUT2D eigenvalue weighted by Gasteiger charge is -2.33. The molecule has 0 aromatic rings. The Labute approximate surface area is 116 Å². The predicted molar refractivity (Wildman–Crippen MR) is 79.9 cm³/mol. The Morgan fingerprint density at radius 2 is 1.94 bits per heavy atom. The highest BCUT2D eigenvalue weighted by Crippen LogP contribution is 2.23. The summed E-state index contributed by atoms with van der Waals surface area (Å²) in [6.45, 7) is 6.94. The lowest BCUT2D eigenvalue weighted by atomic mass is 9.94. The summed E-state index contributed by atoms with van der Waals surface area (Å²) in [6, 6.07) is 0.489. The van der Waals surface area contributed by atoms with Gasteiger partial charge in [-0.2, -0.15) is 11.8 Å². The van der Waals surface area contributed by atoms with Gasteiger partial charge in [0.15, 0.2) is 0 Å². The van der Waals surface area contributed by atoms with E-state index in [0.29, 0.717) is 17.7 Å². The molecule has 0 spiro atoms. The number of rotatable bonds is 6. The lowest BCUT2D eigenvalue weighted by molar-refractivity contribution is -0.131. The number of hydrogen-bond donors (Lipinski definition) is 1. The van der Waals surface area contributed by atoms with E-state index < -0.39 is 0 Å². The third-order valence-corrected chi connectivity index (χ3v) is 4.78. The maximum atomic E-state index is 12.2. The molecule has 3 nitrogen and oxygen atoms in total. The van der Waals surface area contributed by atoms with Crippen molar-refractivity contribution < 1.29 is 4.79 Å². The molecule has 0 bridgehead atoms. The second-order valence-electron chi connectivity index (χ2n) is 5.95. The largest absolute Gasteiger partial charge is 0.339 e. The van der Waals surface area contributed by atoms with Crippen LogP contribution in [0.3, 0.4) is 0 Å². The van der Waals surface area contributed by atoms with E-state index >= 15 is 0 Å². The Morgan fingerprint density at radius 3 is 2.44 bits per heavy atom. The van der Waals surface area contributed by atoms with Crippen molar-refractivity contribution in [1.29, 1.82) is 0 Å². The molecule has 0 aromatic carbocycles. The van der Waals surface area contributed by atoms with E-state index in [1.807, 2.05) is 13.8 Å². The number of nitrogens with two attached hydrogens (primary N) is 1. The van der Waals surface area contributed by atoms with E-state index in [0.717, 1.165) is 12.3 Å². The van der Waals surface area contributed by atoms with Crippen LogP contribution in [0, 0.1) is 0 Å². The van der Waals surface area contributed by atoms with Crippen LogP contribution in [-0.2, 0) is 4.79 Å². The molecule has 0 heterocycles. The summed E-state index contributed by atoms with van der Waals surface area (Å²) in [5, 5.41) is 0. The van der Waals surface area contributed by atoms with Crippen LogP contribution in [0.4, 0.5) is 0 Å². The lowest BCUT2D eigenvalue weighted by Crippen LogP contribution is -2.42. The van der Waals surface area contributed by atoms with Gasteiger partial charge in [-0.25, -0.2) is 0 Å². The second kappa shape index (κ2) is 7.39. The predicted octanol–water partition coefficient (Wildman–Crippen LogP) is 2.64. The number of carbonyl (C=O) groups excluding carboxylic acids is 1. The molecule has 0 unspecified atom stereocenters. The molecule has 106 valence electrons. The van der Waals surface area contributed by atoms with Gasteiger partial charge >= 0.3 is 0 Å². The zero-order valence-corrected chi connectivity index (χ0v) is 12.9. The van der Waals surface area contributed by atoms with Gasteiger partial charge in [-0.1, -0.05) is 19.3 Å². The zero-order valence-electron chi connectivity index (χ0n) is 12.1. The molecule has 2 N–H and O–H groups in total. The molecule has 0 atom stereocenters. The first-order chi connectivity index (χ1) is 8.44.